The molecule has 302 valence electrons. The molecular formula is C58H37N3O2S. The summed E-state index contributed by atoms with van der Waals surface area (Å²) in [5.74, 6) is 0.829. The molecule has 0 radical (unpaired) electrons. The molecule has 1 aliphatic heterocycles. The lowest BCUT2D eigenvalue weighted by Gasteiger charge is -2.27. The Balaban J connectivity index is 0.936. The molecule has 0 aliphatic carbocycles. The lowest BCUT2D eigenvalue weighted by molar-refractivity contribution is 0.669. The molecule has 0 saturated heterocycles. The van der Waals surface area contributed by atoms with Crippen LogP contribution in [0, 0.1) is 0 Å². The van der Waals surface area contributed by atoms with Gasteiger partial charge >= 0.3 is 0 Å². The second kappa shape index (κ2) is 14.7. The Hall–Kier alpha value is -8.19. The van der Waals surface area contributed by atoms with Gasteiger partial charge in [-0.15, -0.1) is 11.3 Å². The Bertz CT molecular complexity index is 3770. The number of thiophene rings is 1. The van der Waals surface area contributed by atoms with E-state index < -0.39 is 0 Å². The lowest BCUT2D eigenvalue weighted by atomic mass is 9.96. The molecule has 1 aliphatic rings. The second-order valence-electron chi connectivity index (χ2n) is 16.3. The second-order valence-corrected chi connectivity index (χ2v) is 17.4. The molecule has 0 saturated carbocycles. The van der Waals surface area contributed by atoms with E-state index in [2.05, 4.69) is 210 Å². The summed E-state index contributed by atoms with van der Waals surface area (Å²) in [5.41, 5.74) is 14.3. The minimum absolute atomic E-state index is 0.0914. The van der Waals surface area contributed by atoms with Crippen LogP contribution in [0.5, 0.6) is 0 Å². The van der Waals surface area contributed by atoms with Crippen LogP contribution in [-0.2, 0) is 0 Å². The highest BCUT2D eigenvalue weighted by molar-refractivity contribution is 7.19. The first kappa shape index (κ1) is 36.5. The van der Waals surface area contributed by atoms with Crippen LogP contribution in [0.2, 0.25) is 0 Å². The van der Waals surface area contributed by atoms with Crippen molar-refractivity contribution in [2.45, 2.75) is 6.04 Å². The van der Waals surface area contributed by atoms with Gasteiger partial charge in [0.05, 0.1) is 27.7 Å². The Labute approximate surface area is 372 Å². The number of nitrogens with zero attached hydrogens (tertiary/aromatic N) is 2. The van der Waals surface area contributed by atoms with Gasteiger partial charge in [-0.1, -0.05) is 140 Å². The Morgan fingerprint density at radius 1 is 0.469 bits per heavy atom. The van der Waals surface area contributed by atoms with E-state index in [-0.39, 0.29) is 6.04 Å². The number of rotatable bonds is 7. The van der Waals surface area contributed by atoms with E-state index in [4.69, 9.17) is 13.8 Å². The van der Waals surface area contributed by atoms with Crippen LogP contribution in [-0.4, -0.2) is 5.84 Å². The molecule has 3 aromatic heterocycles. The largest absolute Gasteiger partial charge is 0.456 e. The van der Waals surface area contributed by atoms with Crippen LogP contribution >= 0.6 is 11.3 Å². The fraction of sp³-hybridized carbons (Fsp3) is 0.0172. The number of benzene rings is 9. The van der Waals surface area contributed by atoms with Gasteiger partial charge < -0.3 is 19.1 Å². The van der Waals surface area contributed by atoms with Crippen LogP contribution in [0.25, 0.3) is 76.2 Å². The average molecular weight is 840 g/mol. The summed E-state index contributed by atoms with van der Waals surface area (Å²) < 4.78 is 14.3. The highest BCUT2D eigenvalue weighted by Crippen LogP contribution is 2.48. The van der Waals surface area contributed by atoms with Crippen LogP contribution in [0.15, 0.2) is 226 Å². The molecule has 1 N–H and O–H groups in total. The molecular weight excluding hydrogens is 803 g/mol. The van der Waals surface area contributed by atoms with Crippen molar-refractivity contribution in [2.75, 3.05) is 4.90 Å². The molecule has 9 aromatic carbocycles. The quantitative estimate of drug-likeness (QED) is 0.174. The Kier molecular flexibility index (Phi) is 8.39. The monoisotopic (exact) mass is 839 g/mol. The minimum atomic E-state index is -0.0914. The van der Waals surface area contributed by atoms with E-state index in [1.165, 1.54) is 31.7 Å². The zero-order valence-electron chi connectivity index (χ0n) is 34.4. The molecule has 12 aromatic rings. The maximum atomic E-state index is 6.65. The average Bonchev–Trinajstić information content (AvgIpc) is 4.06. The molecule has 1 atom stereocenters. The summed E-state index contributed by atoms with van der Waals surface area (Å²) >= 11 is 1.81. The topological polar surface area (TPSA) is 53.9 Å². The predicted octanol–water partition coefficient (Wildman–Crippen LogP) is 16.3. The smallest absolute Gasteiger partial charge is 0.143 e. The van der Waals surface area contributed by atoms with Crippen molar-refractivity contribution < 1.29 is 8.83 Å². The molecule has 1 unspecified atom stereocenters. The molecule has 0 fully saturated rings. The zero-order valence-corrected chi connectivity index (χ0v) is 35.2. The third kappa shape index (κ3) is 5.95. The molecule has 13 rings (SSSR count). The van der Waals surface area contributed by atoms with Crippen molar-refractivity contribution in [1.29, 1.82) is 0 Å². The minimum Gasteiger partial charge on any atom is -0.456 e. The number of hydrogen-bond acceptors (Lipinski definition) is 6. The van der Waals surface area contributed by atoms with Crippen LogP contribution in [0.1, 0.15) is 22.0 Å². The number of amidine groups is 1. The number of nitrogens with one attached hydrogen (secondary N) is 1. The molecule has 0 amide bonds. The van der Waals surface area contributed by atoms with Gasteiger partial charge in [-0.25, -0.2) is 4.99 Å². The van der Waals surface area contributed by atoms with Gasteiger partial charge in [0.1, 0.15) is 28.2 Å². The number of fused-ring (bicyclic) bond motifs is 9. The van der Waals surface area contributed by atoms with Gasteiger partial charge in [-0.3, -0.25) is 0 Å². The summed E-state index contributed by atoms with van der Waals surface area (Å²) in [4.78, 5) is 8.96. The summed E-state index contributed by atoms with van der Waals surface area (Å²) in [5, 5.41) is 9.39. The number of aliphatic imine (C=N–C) groups is 1. The highest BCUT2D eigenvalue weighted by Gasteiger charge is 2.29. The summed E-state index contributed by atoms with van der Waals surface area (Å²) in [7, 11) is 0. The van der Waals surface area contributed by atoms with Crippen LogP contribution < -0.4 is 10.2 Å². The molecule has 0 bridgehead atoms. The molecule has 5 nitrogen and oxygen atoms in total. The fourth-order valence-corrected chi connectivity index (χ4v) is 10.8. The fourth-order valence-electron chi connectivity index (χ4n) is 9.53. The van der Waals surface area contributed by atoms with Crippen molar-refractivity contribution in [3.8, 4) is 22.3 Å². The van der Waals surface area contributed by atoms with Gasteiger partial charge in [-0.05, 0) is 95.1 Å². The van der Waals surface area contributed by atoms with Crippen molar-refractivity contribution in [2.24, 2.45) is 4.99 Å². The maximum Gasteiger partial charge on any atom is 0.143 e. The van der Waals surface area contributed by atoms with Gasteiger partial charge in [-0.2, -0.15) is 0 Å². The van der Waals surface area contributed by atoms with Crippen molar-refractivity contribution >= 4 is 93.9 Å². The van der Waals surface area contributed by atoms with E-state index in [1.54, 1.807) is 0 Å². The van der Waals surface area contributed by atoms with Gasteiger partial charge in [0, 0.05) is 48.7 Å². The van der Waals surface area contributed by atoms with E-state index in [0.29, 0.717) is 0 Å². The lowest BCUT2D eigenvalue weighted by Crippen LogP contribution is -2.32. The summed E-state index contributed by atoms with van der Waals surface area (Å²) in [6.07, 6.45) is 0. The van der Waals surface area contributed by atoms with E-state index in [9.17, 15) is 0 Å². The van der Waals surface area contributed by atoms with E-state index in [0.717, 1.165) is 89.2 Å². The van der Waals surface area contributed by atoms with E-state index >= 15 is 0 Å². The molecule has 64 heavy (non-hydrogen) atoms. The van der Waals surface area contributed by atoms with Crippen LogP contribution in [0.3, 0.4) is 0 Å². The maximum absolute atomic E-state index is 6.65. The van der Waals surface area contributed by atoms with Crippen molar-refractivity contribution in [1.82, 2.24) is 5.32 Å². The van der Waals surface area contributed by atoms with Crippen molar-refractivity contribution in [3.05, 3.63) is 228 Å². The highest BCUT2D eigenvalue weighted by atomic mass is 32.1. The normalized spacial score (nSPS) is 13.7. The SMILES string of the molecule is c1ccc(-c2cccc(C3NC(c4ccc5oc6cccc(N(c7ccccc7)c7ccc(-c8cccc9c8oc8ccccc89)cc7)c6c5c4)=Nc4c3sc3ccccc43)c2)cc1. The number of hydrogen-bond donors (Lipinski definition) is 1. The summed E-state index contributed by atoms with van der Waals surface area (Å²) in [6.45, 7) is 0. The standard InChI is InChI=1S/C58H37N3O2S/c1-3-14-36(15-4-1)38-16-11-17-39(34-38)54-57-55(46-21-8-10-27-52(46)64-57)60-58(59-54)40-30-33-50-47(35-40)53-48(24-13-26-51(53)62-50)61(41-18-5-2-6-19-41)42-31-28-37(29-32-42)43-22-12-23-45-44-20-7-9-25-49(44)63-56(43)45/h1-35,54H,(H,59,60). The zero-order chi connectivity index (χ0) is 42.1. The first-order valence-corrected chi connectivity index (χ1v) is 22.4. The number of para-hydroxylation sites is 3. The molecule has 4 heterocycles. The molecule has 6 heteroatoms. The van der Waals surface area contributed by atoms with Crippen molar-refractivity contribution in [3.63, 3.8) is 0 Å². The Morgan fingerprint density at radius 2 is 1.14 bits per heavy atom. The predicted molar refractivity (Wildman–Crippen MR) is 266 cm³/mol. The van der Waals surface area contributed by atoms with Gasteiger partial charge in [0.25, 0.3) is 0 Å². The Morgan fingerprint density at radius 3 is 2.02 bits per heavy atom. The third-order valence-corrected chi connectivity index (χ3v) is 13.8. The summed E-state index contributed by atoms with van der Waals surface area (Å²) in [6, 6.07) is 74.8. The van der Waals surface area contributed by atoms with Crippen LogP contribution in [0.4, 0.5) is 22.7 Å². The van der Waals surface area contributed by atoms with E-state index in [1.807, 2.05) is 23.5 Å². The first-order chi connectivity index (χ1) is 31.7. The first-order valence-electron chi connectivity index (χ1n) is 21.6. The number of anilines is 3. The number of furan rings is 2. The van der Waals surface area contributed by atoms with Gasteiger partial charge in [0.15, 0.2) is 0 Å². The molecule has 0 spiro atoms. The van der Waals surface area contributed by atoms with Gasteiger partial charge in [0.2, 0.25) is 0 Å². The third-order valence-electron chi connectivity index (χ3n) is 12.5.